The van der Waals surface area contributed by atoms with Crippen LogP contribution in [0.15, 0.2) is 21.9 Å². The van der Waals surface area contributed by atoms with Gasteiger partial charge in [-0.05, 0) is 12.1 Å². The van der Waals surface area contributed by atoms with Gasteiger partial charge in [0.2, 0.25) is 10.8 Å². The second-order valence-electron chi connectivity index (χ2n) is 4.26. The maximum atomic E-state index is 12.2. The Balaban J connectivity index is 2.06. The Kier molecular flexibility index (Phi) is 4.56. The third-order valence-corrected chi connectivity index (χ3v) is 3.52. The van der Waals surface area contributed by atoms with Gasteiger partial charge < -0.3 is 19.2 Å². The zero-order valence-corrected chi connectivity index (χ0v) is 12.5. The summed E-state index contributed by atoms with van der Waals surface area (Å²) in [5.74, 6) is -2.07. The summed E-state index contributed by atoms with van der Waals surface area (Å²) < 4.78 is 9.60. The Morgan fingerprint density at radius 1 is 1.41 bits per heavy atom. The predicted octanol–water partition coefficient (Wildman–Crippen LogP) is 1.49. The van der Waals surface area contributed by atoms with Crippen molar-refractivity contribution < 1.29 is 28.6 Å². The number of hydrogen-bond donors (Lipinski definition) is 1. The van der Waals surface area contributed by atoms with E-state index in [1.165, 1.54) is 36.6 Å². The first-order valence-electron chi connectivity index (χ1n) is 6.03. The summed E-state index contributed by atoms with van der Waals surface area (Å²) in [7, 11) is 2.75. The monoisotopic (exact) mass is 324 g/mol. The van der Waals surface area contributed by atoms with E-state index < -0.39 is 17.8 Å². The second-order valence-corrected chi connectivity index (χ2v) is 5.12. The lowest BCUT2D eigenvalue weighted by Crippen LogP contribution is -2.26. The van der Waals surface area contributed by atoms with Crippen LogP contribution in [0.2, 0.25) is 0 Å². The van der Waals surface area contributed by atoms with Gasteiger partial charge in [-0.2, -0.15) is 0 Å². The number of carbonyl (C=O) groups excluding carboxylic acids is 2. The van der Waals surface area contributed by atoms with Gasteiger partial charge in [0.1, 0.15) is 11.5 Å². The molecule has 9 heteroatoms. The second kappa shape index (κ2) is 6.39. The third kappa shape index (κ3) is 3.31. The first-order chi connectivity index (χ1) is 10.4. The minimum atomic E-state index is -1.18. The number of furan rings is 1. The average molecular weight is 324 g/mol. The van der Waals surface area contributed by atoms with Crippen molar-refractivity contribution in [3.05, 3.63) is 39.7 Å². The van der Waals surface area contributed by atoms with Crippen LogP contribution in [0.25, 0.3) is 0 Å². The summed E-state index contributed by atoms with van der Waals surface area (Å²) in [4.78, 5) is 39.4. The van der Waals surface area contributed by atoms with Crippen LogP contribution in [-0.2, 0) is 11.3 Å². The molecule has 0 saturated carbocycles. The molecule has 0 saturated heterocycles. The highest BCUT2D eigenvalue weighted by Crippen LogP contribution is 2.15. The fourth-order valence-electron chi connectivity index (χ4n) is 1.63. The first kappa shape index (κ1) is 15.7. The molecular formula is C13H12N2O6S. The summed E-state index contributed by atoms with van der Waals surface area (Å²) in [6.07, 6.45) is 0. The third-order valence-electron chi connectivity index (χ3n) is 2.70. The van der Waals surface area contributed by atoms with Gasteiger partial charge in [0, 0.05) is 12.4 Å². The van der Waals surface area contributed by atoms with Crippen LogP contribution in [0.1, 0.15) is 36.6 Å². The molecule has 0 fully saturated rings. The van der Waals surface area contributed by atoms with Crippen LogP contribution in [0, 0.1) is 0 Å². The Bertz CT molecular complexity index is 720. The van der Waals surface area contributed by atoms with Crippen molar-refractivity contribution in [3.8, 4) is 0 Å². The number of carboxylic acid groups (broad SMARTS) is 1. The highest BCUT2D eigenvalue weighted by molar-refractivity contribution is 7.11. The Morgan fingerprint density at radius 2 is 2.14 bits per heavy atom. The molecule has 0 unspecified atom stereocenters. The zero-order valence-electron chi connectivity index (χ0n) is 11.7. The smallest absolute Gasteiger partial charge is 0.371 e. The molecule has 2 aromatic rings. The first-order valence-corrected chi connectivity index (χ1v) is 6.91. The van der Waals surface area contributed by atoms with Crippen molar-refractivity contribution in [2.45, 2.75) is 6.54 Å². The van der Waals surface area contributed by atoms with E-state index in [0.717, 1.165) is 11.3 Å². The number of nitrogens with zero attached hydrogens (tertiary/aromatic N) is 2. The Morgan fingerprint density at radius 3 is 2.73 bits per heavy atom. The minimum Gasteiger partial charge on any atom is -0.475 e. The molecule has 2 aromatic heterocycles. The topological polar surface area (TPSA) is 110 Å². The van der Waals surface area contributed by atoms with Crippen molar-refractivity contribution >= 4 is 29.2 Å². The van der Waals surface area contributed by atoms with Gasteiger partial charge in [-0.25, -0.2) is 14.6 Å². The van der Waals surface area contributed by atoms with Crippen LogP contribution >= 0.6 is 11.3 Å². The number of carboxylic acids is 1. The van der Waals surface area contributed by atoms with E-state index in [1.54, 1.807) is 0 Å². The van der Waals surface area contributed by atoms with Gasteiger partial charge in [0.25, 0.3) is 5.91 Å². The number of ether oxygens (including phenoxy) is 1. The lowest BCUT2D eigenvalue weighted by Gasteiger charge is -2.13. The van der Waals surface area contributed by atoms with Gasteiger partial charge in [-0.15, -0.1) is 11.3 Å². The number of esters is 1. The number of thiazole rings is 1. The molecule has 0 aromatic carbocycles. The average Bonchev–Trinajstić information content (AvgIpc) is 3.14. The summed E-state index contributed by atoms with van der Waals surface area (Å²) in [6, 6.07) is 2.79. The SMILES string of the molecule is COC(=O)c1nc(C(=O)N(C)Cc2ccc(C(=O)O)o2)cs1. The van der Waals surface area contributed by atoms with Gasteiger partial charge in [0.15, 0.2) is 0 Å². The molecule has 116 valence electrons. The number of aromatic nitrogens is 1. The Hall–Kier alpha value is -2.68. The Labute approximate surface area is 128 Å². The molecule has 0 aliphatic heterocycles. The lowest BCUT2D eigenvalue weighted by molar-refractivity contribution is 0.0599. The number of amides is 1. The molecule has 0 bridgehead atoms. The van der Waals surface area contributed by atoms with Gasteiger partial charge in [-0.1, -0.05) is 0 Å². The quantitative estimate of drug-likeness (QED) is 0.830. The van der Waals surface area contributed by atoms with E-state index in [0.29, 0.717) is 5.76 Å². The van der Waals surface area contributed by atoms with Gasteiger partial charge in [0.05, 0.1) is 13.7 Å². The highest BCUT2D eigenvalue weighted by Gasteiger charge is 2.20. The van der Waals surface area contributed by atoms with E-state index in [1.807, 2.05) is 0 Å². The van der Waals surface area contributed by atoms with Crippen molar-refractivity contribution in [1.82, 2.24) is 9.88 Å². The normalized spacial score (nSPS) is 10.3. The maximum Gasteiger partial charge on any atom is 0.371 e. The molecule has 0 radical (unpaired) electrons. The van der Waals surface area contributed by atoms with Crippen LogP contribution in [0.3, 0.4) is 0 Å². The van der Waals surface area contributed by atoms with E-state index >= 15 is 0 Å². The molecule has 8 nitrogen and oxygen atoms in total. The van der Waals surface area contributed by atoms with Gasteiger partial charge in [-0.3, -0.25) is 4.79 Å². The van der Waals surface area contributed by atoms with E-state index in [9.17, 15) is 14.4 Å². The largest absolute Gasteiger partial charge is 0.475 e. The molecule has 0 aliphatic rings. The summed E-state index contributed by atoms with van der Waals surface area (Å²) in [5, 5.41) is 10.3. The number of methoxy groups -OCH3 is 1. The van der Waals surface area contributed by atoms with E-state index in [4.69, 9.17) is 9.52 Å². The molecule has 1 amide bonds. The number of hydrogen-bond acceptors (Lipinski definition) is 7. The maximum absolute atomic E-state index is 12.2. The molecular weight excluding hydrogens is 312 g/mol. The van der Waals surface area contributed by atoms with E-state index in [2.05, 4.69) is 9.72 Å². The van der Waals surface area contributed by atoms with Crippen LogP contribution in [0.4, 0.5) is 0 Å². The fourth-order valence-corrected chi connectivity index (χ4v) is 2.34. The molecule has 22 heavy (non-hydrogen) atoms. The van der Waals surface area contributed by atoms with Gasteiger partial charge >= 0.3 is 11.9 Å². The summed E-state index contributed by atoms with van der Waals surface area (Å²) >= 11 is 1.01. The molecule has 2 heterocycles. The summed E-state index contributed by atoms with van der Waals surface area (Å²) in [5.41, 5.74) is 0.109. The lowest BCUT2D eigenvalue weighted by atomic mass is 10.3. The number of aromatic carboxylic acids is 1. The standard InChI is InChI=1S/C13H12N2O6S/c1-15(5-7-3-4-9(21-7)12(17)18)11(16)8-6-22-10(14-8)13(19)20-2/h3-4,6H,5H2,1-2H3,(H,17,18). The molecule has 0 atom stereocenters. The molecule has 1 N–H and O–H groups in total. The van der Waals surface area contributed by atoms with Crippen LogP contribution in [-0.4, -0.2) is 47.0 Å². The highest BCUT2D eigenvalue weighted by atomic mass is 32.1. The summed E-state index contributed by atoms with van der Waals surface area (Å²) in [6.45, 7) is 0.0806. The molecule has 2 rings (SSSR count). The van der Waals surface area contributed by atoms with E-state index in [-0.39, 0.29) is 23.0 Å². The fraction of sp³-hybridized carbons (Fsp3) is 0.231. The molecule has 0 spiro atoms. The van der Waals surface area contributed by atoms with Crippen molar-refractivity contribution in [2.24, 2.45) is 0 Å². The molecule has 0 aliphatic carbocycles. The minimum absolute atomic E-state index is 0.0806. The van der Waals surface area contributed by atoms with Crippen LogP contribution < -0.4 is 0 Å². The predicted molar refractivity (Wildman–Crippen MR) is 74.9 cm³/mol. The number of carbonyl (C=O) groups is 3. The van der Waals surface area contributed by atoms with Crippen molar-refractivity contribution in [3.63, 3.8) is 0 Å². The van der Waals surface area contributed by atoms with Crippen LogP contribution in [0.5, 0.6) is 0 Å². The zero-order chi connectivity index (χ0) is 16.3. The van der Waals surface area contributed by atoms with Crippen molar-refractivity contribution in [2.75, 3.05) is 14.2 Å². The van der Waals surface area contributed by atoms with Crippen molar-refractivity contribution in [1.29, 1.82) is 0 Å². The number of rotatable bonds is 5.